The zero-order valence-corrected chi connectivity index (χ0v) is 16.7. The number of anilines is 1. The summed E-state index contributed by atoms with van der Waals surface area (Å²) in [4.78, 5) is 47.1. The topological polar surface area (TPSA) is 140 Å². The molecule has 3 rings (SSSR count). The highest BCUT2D eigenvalue weighted by molar-refractivity contribution is 7.12. The Bertz CT molecular complexity index is 1120. The van der Waals surface area contributed by atoms with Crippen molar-refractivity contribution in [2.75, 3.05) is 5.32 Å². The molecule has 0 bridgehead atoms. The maximum Gasteiger partial charge on any atom is 0.353 e. The van der Waals surface area contributed by atoms with Crippen LogP contribution in [0.1, 0.15) is 25.6 Å². The Kier molecular flexibility index (Phi) is 6.86. The maximum absolute atomic E-state index is 11.9. The second-order valence-corrected chi connectivity index (χ2v) is 6.98. The van der Waals surface area contributed by atoms with E-state index in [0.717, 1.165) is 0 Å². The van der Waals surface area contributed by atoms with Crippen LogP contribution in [0.15, 0.2) is 71.1 Å². The molecule has 0 aliphatic heterocycles. The first-order valence-corrected chi connectivity index (χ1v) is 9.70. The van der Waals surface area contributed by atoms with Gasteiger partial charge < -0.3 is 15.8 Å². The summed E-state index contributed by atoms with van der Waals surface area (Å²) in [7, 11) is 0. The maximum atomic E-state index is 11.9. The Labute approximate surface area is 180 Å². The van der Waals surface area contributed by atoms with Gasteiger partial charge in [0.05, 0.1) is 6.21 Å². The van der Waals surface area contributed by atoms with Crippen molar-refractivity contribution in [2.24, 2.45) is 10.8 Å². The summed E-state index contributed by atoms with van der Waals surface area (Å²) < 4.78 is 5.24. The first-order chi connectivity index (χ1) is 14.9. The van der Waals surface area contributed by atoms with Crippen molar-refractivity contribution in [1.82, 2.24) is 5.43 Å². The van der Waals surface area contributed by atoms with Crippen LogP contribution in [-0.2, 0) is 9.59 Å². The summed E-state index contributed by atoms with van der Waals surface area (Å²) in [5, 5.41) is 7.87. The van der Waals surface area contributed by atoms with Crippen LogP contribution in [0.4, 0.5) is 5.69 Å². The predicted octanol–water partition coefficient (Wildman–Crippen LogP) is 2.16. The van der Waals surface area contributed by atoms with Gasteiger partial charge in [0, 0.05) is 11.3 Å². The lowest BCUT2D eigenvalue weighted by molar-refractivity contribution is -0.136. The second-order valence-electron chi connectivity index (χ2n) is 6.03. The van der Waals surface area contributed by atoms with Crippen molar-refractivity contribution < 1.29 is 23.9 Å². The number of hydrogen-bond donors (Lipinski definition) is 3. The Hall–Kier alpha value is -4.31. The normalized spacial score (nSPS) is 10.5. The monoisotopic (exact) mass is 436 g/mol. The van der Waals surface area contributed by atoms with Crippen molar-refractivity contribution in [1.29, 1.82) is 0 Å². The number of esters is 1. The molecule has 0 aliphatic rings. The van der Waals surface area contributed by atoms with Gasteiger partial charge in [-0.25, -0.2) is 10.2 Å². The number of hydrogen-bond acceptors (Lipinski definition) is 7. The standard InChI is InChI=1S/C21H16N4O5S/c22-18(26)14-5-7-15(8-6-14)24-19(27)20(28)25-23-12-13-3-9-16(10-4-13)30-21(29)17-2-1-11-31-17/h1-12H,(H2,22,26)(H,24,27)(H,25,28). The number of benzene rings is 2. The van der Waals surface area contributed by atoms with Crippen molar-refractivity contribution in [2.45, 2.75) is 0 Å². The zero-order chi connectivity index (χ0) is 22.2. The van der Waals surface area contributed by atoms with Gasteiger partial charge >= 0.3 is 17.8 Å². The van der Waals surface area contributed by atoms with Crippen LogP contribution < -0.4 is 21.2 Å². The number of amides is 3. The second kappa shape index (κ2) is 9.94. The zero-order valence-electron chi connectivity index (χ0n) is 15.9. The number of rotatable bonds is 6. The molecule has 0 atom stereocenters. The average molecular weight is 436 g/mol. The van der Waals surface area contributed by atoms with E-state index in [2.05, 4.69) is 15.8 Å². The average Bonchev–Trinajstić information content (AvgIpc) is 3.30. The number of nitrogens with zero attached hydrogens (tertiary/aromatic N) is 1. The van der Waals surface area contributed by atoms with Gasteiger partial charge in [-0.05, 0) is 65.5 Å². The minimum Gasteiger partial charge on any atom is -0.422 e. The van der Waals surface area contributed by atoms with Gasteiger partial charge in [0.25, 0.3) is 0 Å². The molecule has 0 fully saturated rings. The number of hydrazone groups is 1. The molecule has 1 aromatic heterocycles. The van der Waals surface area contributed by atoms with Crippen LogP contribution in [0.3, 0.4) is 0 Å². The fraction of sp³-hybridized carbons (Fsp3) is 0. The van der Waals surface area contributed by atoms with E-state index in [0.29, 0.717) is 21.9 Å². The third-order valence-electron chi connectivity index (χ3n) is 3.83. The van der Waals surface area contributed by atoms with Crippen LogP contribution in [-0.4, -0.2) is 29.9 Å². The lowest BCUT2D eigenvalue weighted by Gasteiger charge is -2.04. The van der Waals surface area contributed by atoms with Crippen LogP contribution in [0.2, 0.25) is 0 Å². The molecule has 0 aliphatic carbocycles. The fourth-order valence-corrected chi connectivity index (χ4v) is 2.89. The molecule has 0 radical (unpaired) electrons. The first-order valence-electron chi connectivity index (χ1n) is 8.82. The SMILES string of the molecule is NC(=O)c1ccc(NC(=O)C(=O)NN=Cc2ccc(OC(=O)c3cccs3)cc2)cc1. The minimum absolute atomic E-state index is 0.277. The number of carbonyl (C=O) groups excluding carboxylic acids is 4. The van der Waals surface area contributed by atoms with Crippen molar-refractivity contribution in [3.05, 3.63) is 82.0 Å². The molecule has 10 heteroatoms. The lowest BCUT2D eigenvalue weighted by atomic mass is 10.2. The molecule has 3 amide bonds. The molecule has 156 valence electrons. The molecular formula is C21H16N4O5S. The summed E-state index contributed by atoms with van der Waals surface area (Å²) >= 11 is 1.28. The molecule has 3 aromatic rings. The Morgan fingerprint density at radius 1 is 0.935 bits per heavy atom. The van der Waals surface area contributed by atoms with E-state index in [-0.39, 0.29) is 5.56 Å². The Morgan fingerprint density at radius 2 is 1.65 bits per heavy atom. The lowest BCUT2D eigenvalue weighted by Crippen LogP contribution is -2.32. The molecule has 0 saturated carbocycles. The van der Waals surface area contributed by atoms with Crippen molar-refractivity contribution >= 4 is 46.9 Å². The third kappa shape index (κ3) is 6.08. The van der Waals surface area contributed by atoms with E-state index in [1.54, 1.807) is 41.8 Å². The first kappa shape index (κ1) is 21.4. The number of nitrogens with two attached hydrogens (primary N) is 1. The molecule has 0 unspecified atom stereocenters. The quantitative estimate of drug-likeness (QED) is 0.179. The number of ether oxygens (including phenoxy) is 1. The summed E-state index contributed by atoms with van der Waals surface area (Å²) in [6.07, 6.45) is 1.33. The van der Waals surface area contributed by atoms with Crippen molar-refractivity contribution in [3.8, 4) is 5.75 Å². The summed E-state index contributed by atoms with van der Waals surface area (Å²) in [6, 6.07) is 15.6. The molecule has 4 N–H and O–H groups in total. The summed E-state index contributed by atoms with van der Waals surface area (Å²) in [5.41, 5.74) is 8.45. The molecule has 0 spiro atoms. The highest BCUT2D eigenvalue weighted by Crippen LogP contribution is 2.16. The number of carbonyl (C=O) groups is 4. The number of primary amides is 1. The van der Waals surface area contributed by atoms with Crippen LogP contribution in [0, 0.1) is 0 Å². The smallest absolute Gasteiger partial charge is 0.353 e. The van der Waals surface area contributed by atoms with E-state index < -0.39 is 23.7 Å². The number of nitrogens with one attached hydrogen (secondary N) is 2. The summed E-state index contributed by atoms with van der Waals surface area (Å²) in [6.45, 7) is 0. The largest absolute Gasteiger partial charge is 0.422 e. The molecule has 9 nitrogen and oxygen atoms in total. The molecular weight excluding hydrogens is 420 g/mol. The van der Waals surface area contributed by atoms with E-state index >= 15 is 0 Å². The van der Waals surface area contributed by atoms with Gasteiger partial charge in [0.1, 0.15) is 10.6 Å². The van der Waals surface area contributed by atoms with Gasteiger partial charge in [-0.3, -0.25) is 14.4 Å². The van der Waals surface area contributed by atoms with Crippen LogP contribution in [0.25, 0.3) is 0 Å². The van der Waals surface area contributed by atoms with Gasteiger partial charge in [0.2, 0.25) is 5.91 Å². The molecule has 31 heavy (non-hydrogen) atoms. The highest BCUT2D eigenvalue weighted by Gasteiger charge is 2.13. The Morgan fingerprint density at radius 3 is 2.26 bits per heavy atom. The molecule has 2 aromatic carbocycles. The summed E-state index contributed by atoms with van der Waals surface area (Å²) in [5.74, 6) is -2.59. The fourth-order valence-electron chi connectivity index (χ4n) is 2.30. The molecule has 1 heterocycles. The van der Waals surface area contributed by atoms with E-state index in [1.165, 1.54) is 41.8 Å². The Balaban J connectivity index is 1.49. The van der Waals surface area contributed by atoms with E-state index in [4.69, 9.17) is 10.5 Å². The van der Waals surface area contributed by atoms with E-state index in [9.17, 15) is 19.2 Å². The predicted molar refractivity (Wildman–Crippen MR) is 115 cm³/mol. The molecule has 0 saturated heterocycles. The van der Waals surface area contributed by atoms with Gasteiger partial charge in [-0.1, -0.05) is 6.07 Å². The van der Waals surface area contributed by atoms with Crippen LogP contribution in [0.5, 0.6) is 5.75 Å². The van der Waals surface area contributed by atoms with Crippen molar-refractivity contribution in [3.63, 3.8) is 0 Å². The minimum atomic E-state index is -0.975. The third-order valence-corrected chi connectivity index (χ3v) is 4.68. The highest BCUT2D eigenvalue weighted by atomic mass is 32.1. The van der Waals surface area contributed by atoms with Gasteiger partial charge in [0.15, 0.2) is 0 Å². The van der Waals surface area contributed by atoms with E-state index in [1.807, 2.05) is 0 Å². The van der Waals surface area contributed by atoms with Crippen LogP contribution >= 0.6 is 11.3 Å². The number of thiophene rings is 1. The van der Waals surface area contributed by atoms with Gasteiger partial charge in [-0.2, -0.15) is 5.10 Å². The van der Waals surface area contributed by atoms with Gasteiger partial charge in [-0.15, -0.1) is 11.3 Å².